The number of pyridine rings is 1. The zero-order valence-electron chi connectivity index (χ0n) is 20.4. The van der Waals surface area contributed by atoms with E-state index in [1.165, 1.54) is 0 Å². The van der Waals surface area contributed by atoms with E-state index >= 15 is 0 Å². The van der Waals surface area contributed by atoms with E-state index in [0.29, 0.717) is 17.8 Å². The molecule has 4 saturated carbocycles. The van der Waals surface area contributed by atoms with Crippen molar-refractivity contribution in [1.29, 1.82) is 0 Å². The lowest BCUT2D eigenvalue weighted by Gasteiger charge is -2.68. The van der Waals surface area contributed by atoms with E-state index in [-0.39, 0.29) is 22.4 Å². The summed E-state index contributed by atoms with van der Waals surface area (Å²) < 4.78 is 1.10. The average molecular weight is 493 g/mol. The molecule has 2 aromatic heterocycles. The first-order valence-corrected chi connectivity index (χ1v) is 13.1. The average Bonchev–Trinajstić information content (AvgIpc) is 3.24. The number of carbonyl (C=O) groups excluding carboxylic acids is 1. The van der Waals surface area contributed by atoms with Gasteiger partial charge in [0.2, 0.25) is 0 Å². The Balaban J connectivity index is 1.36. The maximum Gasteiger partial charge on any atom is 0.254 e. The van der Waals surface area contributed by atoms with Crippen LogP contribution in [0.25, 0.3) is 10.2 Å². The monoisotopic (exact) mass is 492 g/mol. The Labute approximate surface area is 208 Å². The molecule has 1 aromatic carbocycles. The lowest BCUT2D eigenvalue weighted by molar-refractivity contribution is -0.175. The van der Waals surface area contributed by atoms with Crippen molar-refractivity contribution >= 4 is 44.7 Å². The summed E-state index contributed by atoms with van der Waals surface area (Å²) in [5.74, 6) is 0.470. The second kappa shape index (κ2) is 7.62. The quantitative estimate of drug-likeness (QED) is 0.353. The smallest absolute Gasteiger partial charge is 0.254 e. The first-order chi connectivity index (χ1) is 16.7. The molecule has 4 unspecified atom stereocenters. The summed E-state index contributed by atoms with van der Waals surface area (Å²) in [6, 6.07) is 7.94. The third kappa shape index (κ3) is 3.86. The summed E-state index contributed by atoms with van der Waals surface area (Å²) in [4.78, 5) is 21.7. The number of anilines is 3. The lowest BCUT2D eigenvalue weighted by atomic mass is 9.43. The highest BCUT2D eigenvalue weighted by molar-refractivity contribution is 7.16. The molecule has 4 aliphatic carbocycles. The SMILES string of the molecule is CNC(=O)c1cnc(Nc2ccc3ncsc3c2)cc1NC12CC3(C)CC(O)(CC(NC)(C3)C1)C2. The van der Waals surface area contributed by atoms with E-state index in [1.807, 2.05) is 30.8 Å². The molecule has 0 saturated heterocycles. The topological polar surface area (TPSA) is 111 Å². The van der Waals surface area contributed by atoms with Gasteiger partial charge < -0.3 is 26.4 Å². The van der Waals surface area contributed by atoms with Crippen LogP contribution in [0.5, 0.6) is 0 Å². The number of hydrogen-bond donors (Lipinski definition) is 5. The molecule has 8 nitrogen and oxygen atoms in total. The highest BCUT2D eigenvalue weighted by Gasteiger charge is 2.66. The van der Waals surface area contributed by atoms with Gasteiger partial charge in [-0.25, -0.2) is 9.97 Å². The zero-order valence-corrected chi connectivity index (χ0v) is 21.2. The van der Waals surface area contributed by atoms with Gasteiger partial charge in [-0.2, -0.15) is 0 Å². The van der Waals surface area contributed by atoms with Gasteiger partial charge in [-0.1, -0.05) is 6.92 Å². The predicted molar refractivity (Wildman–Crippen MR) is 139 cm³/mol. The standard InChI is InChI=1S/C26H32N6O2S/c1-23-9-24(28-3)12-25(10-23,14-26(34,11-23)13-24)32-19-7-21(29-8-17(19)22(33)27-2)31-16-4-5-18-20(6-16)35-15-30-18/h4-8,15,28,34H,9-14H2,1-3H3,(H,27,33)(H2,29,31,32). The van der Waals surface area contributed by atoms with Crippen molar-refractivity contribution in [1.82, 2.24) is 20.6 Å². The summed E-state index contributed by atoms with van der Waals surface area (Å²) in [5.41, 5.74) is 3.90. The number of carbonyl (C=O) groups is 1. The number of nitrogens with zero attached hydrogens (tertiary/aromatic N) is 2. The summed E-state index contributed by atoms with van der Waals surface area (Å²) in [5, 5.41) is 25.0. The van der Waals surface area contributed by atoms with Crippen molar-refractivity contribution in [2.24, 2.45) is 5.41 Å². The van der Waals surface area contributed by atoms with Gasteiger partial charge in [0.15, 0.2) is 0 Å². The summed E-state index contributed by atoms with van der Waals surface area (Å²) in [6.45, 7) is 2.30. The van der Waals surface area contributed by atoms with Crippen molar-refractivity contribution in [2.75, 3.05) is 24.7 Å². The van der Waals surface area contributed by atoms with Gasteiger partial charge in [0.05, 0.1) is 32.6 Å². The molecular weight excluding hydrogens is 460 g/mol. The molecule has 9 heteroatoms. The predicted octanol–water partition coefficient (Wildman–Crippen LogP) is 4.02. The van der Waals surface area contributed by atoms with Crippen LogP contribution in [0.1, 0.15) is 55.8 Å². The molecule has 2 heterocycles. The maximum absolute atomic E-state index is 12.8. The van der Waals surface area contributed by atoms with Crippen LogP contribution in [0, 0.1) is 5.41 Å². The number of fused-ring (bicyclic) bond motifs is 1. The van der Waals surface area contributed by atoms with Crippen LogP contribution in [-0.2, 0) is 0 Å². The Kier molecular flexibility index (Phi) is 4.94. The van der Waals surface area contributed by atoms with Crippen molar-refractivity contribution in [3.63, 3.8) is 0 Å². The van der Waals surface area contributed by atoms with Gasteiger partial charge in [0.25, 0.3) is 5.91 Å². The molecule has 4 aliphatic rings. The number of benzene rings is 1. The lowest BCUT2D eigenvalue weighted by Crippen LogP contribution is -2.73. The van der Waals surface area contributed by atoms with Crippen molar-refractivity contribution in [2.45, 2.75) is 62.1 Å². The molecule has 4 bridgehead atoms. The van der Waals surface area contributed by atoms with Gasteiger partial charge in [-0.3, -0.25) is 4.79 Å². The van der Waals surface area contributed by atoms with Gasteiger partial charge in [0.1, 0.15) is 5.82 Å². The first kappa shape index (κ1) is 22.7. The number of thiazole rings is 1. The van der Waals surface area contributed by atoms with E-state index < -0.39 is 5.60 Å². The summed E-state index contributed by atoms with van der Waals surface area (Å²) in [6.07, 6.45) is 6.85. The van der Waals surface area contributed by atoms with Crippen LogP contribution in [0.4, 0.5) is 17.2 Å². The highest BCUT2D eigenvalue weighted by Crippen LogP contribution is 2.65. The van der Waals surface area contributed by atoms with Crippen molar-refractivity contribution < 1.29 is 9.90 Å². The van der Waals surface area contributed by atoms with Crippen LogP contribution >= 0.6 is 11.3 Å². The van der Waals surface area contributed by atoms with Crippen molar-refractivity contribution in [3.8, 4) is 0 Å². The fraction of sp³-hybridized carbons (Fsp3) is 0.500. The molecule has 4 atom stereocenters. The van der Waals surface area contributed by atoms with Crippen LogP contribution in [0.15, 0.2) is 36.0 Å². The van der Waals surface area contributed by atoms with E-state index in [9.17, 15) is 9.90 Å². The Bertz CT molecular complexity index is 1300. The van der Waals surface area contributed by atoms with Crippen LogP contribution in [0.2, 0.25) is 0 Å². The molecule has 5 N–H and O–H groups in total. The highest BCUT2D eigenvalue weighted by atomic mass is 32.1. The Hall–Kier alpha value is -2.75. The molecule has 3 aromatic rings. The zero-order chi connectivity index (χ0) is 24.5. The molecule has 7 rings (SSSR count). The second-order valence-electron chi connectivity index (χ2n) is 11.4. The molecular formula is C26H32N6O2S. The minimum atomic E-state index is -0.703. The number of nitrogens with one attached hydrogen (secondary N) is 4. The summed E-state index contributed by atoms with van der Waals surface area (Å²) in [7, 11) is 3.64. The van der Waals surface area contributed by atoms with Crippen LogP contribution in [-0.4, -0.2) is 51.8 Å². The van der Waals surface area contributed by atoms with E-state index in [1.54, 1.807) is 24.6 Å². The Morgan fingerprint density at radius 3 is 2.60 bits per heavy atom. The largest absolute Gasteiger partial charge is 0.390 e. The Morgan fingerprint density at radius 2 is 1.83 bits per heavy atom. The fourth-order valence-corrected chi connectivity index (χ4v) is 8.51. The molecule has 0 spiro atoms. The minimum Gasteiger partial charge on any atom is -0.390 e. The molecule has 0 radical (unpaired) electrons. The van der Waals surface area contributed by atoms with E-state index in [4.69, 9.17) is 0 Å². The maximum atomic E-state index is 12.8. The van der Waals surface area contributed by atoms with Gasteiger partial charge in [0, 0.05) is 36.1 Å². The number of hydrogen-bond acceptors (Lipinski definition) is 8. The van der Waals surface area contributed by atoms with Crippen LogP contribution < -0.4 is 21.3 Å². The molecule has 0 aliphatic heterocycles. The number of amides is 1. The molecule has 4 fully saturated rings. The fourth-order valence-electron chi connectivity index (χ4n) is 7.79. The van der Waals surface area contributed by atoms with Gasteiger partial charge in [-0.15, -0.1) is 11.3 Å². The minimum absolute atomic E-state index is 0.0466. The first-order valence-electron chi connectivity index (χ1n) is 12.2. The third-order valence-corrected chi connectivity index (χ3v) is 9.00. The van der Waals surface area contributed by atoms with E-state index in [2.05, 4.69) is 44.2 Å². The van der Waals surface area contributed by atoms with Gasteiger partial charge in [-0.05, 0) is 69.2 Å². The van der Waals surface area contributed by atoms with E-state index in [0.717, 1.165) is 53.7 Å². The van der Waals surface area contributed by atoms with Gasteiger partial charge >= 0.3 is 0 Å². The summed E-state index contributed by atoms with van der Waals surface area (Å²) >= 11 is 1.60. The number of aliphatic hydroxyl groups is 1. The number of rotatable bonds is 6. The van der Waals surface area contributed by atoms with Crippen LogP contribution in [0.3, 0.4) is 0 Å². The number of aromatic nitrogens is 2. The second-order valence-corrected chi connectivity index (χ2v) is 12.3. The van der Waals surface area contributed by atoms with Crippen molar-refractivity contribution in [3.05, 3.63) is 41.5 Å². The molecule has 1 amide bonds. The third-order valence-electron chi connectivity index (χ3n) is 8.21. The molecule has 35 heavy (non-hydrogen) atoms. The Morgan fingerprint density at radius 1 is 1.03 bits per heavy atom. The molecule has 184 valence electrons. The normalized spacial score (nSPS) is 33.1.